The summed E-state index contributed by atoms with van der Waals surface area (Å²) >= 11 is 0. The highest BCUT2D eigenvalue weighted by Crippen LogP contribution is 2.31. The molecule has 1 N–H and O–H groups in total. The van der Waals surface area contributed by atoms with Gasteiger partial charge in [-0.15, -0.1) is 0 Å². The van der Waals surface area contributed by atoms with E-state index >= 15 is 0 Å². The molecule has 0 saturated carbocycles. The molecule has 0 radical (unpaired) electrons. The molecule has 0 bridgehead atoms. The van der Waals surface area contributed by atoms with Crippen LogP contribution < -0.4 is 0 Å². The van der Waals surface area contributed by atoms with Crippen LogP contribution in [0.1, 0.15) is 29.7 Å². The molecule has 2 nitrogen and oxygen atoms in total. The summed E-state index contributed by atoms with van der Waals surface area (Å²) in [5.74, 6) is 0. The number of nitrogens with one attached hydrogen (secondary N) is 1. The van der Waals surface area contributed by atoms with Crippen LogP contribution in [0.5, 0.6) is 0 Å². The molecule has 0 fully saturated rings. The first-order chi connectivity index (χ1) is 11.9. The maximum absolute atomic E-state index is 12.6. The lowest BCUT2D eigenvalue weighted by atomic mass is 9.97. The summed E-state index contributed by atoms with van der Waals surface area (Å²) in [6.07, 6.45) is -3.09. The lowest BCUT2D eigenvalue weighted by Crippen LogP contribution is -2.04. The highest BCUT2D eigenvalue weighted by atomic mass is 19.4. The fraction of sp³-hybridized carbons (Fsp3) is 0.150. The van der Waals surface area contributed by atoms with Crippen molar-refractivity contribution in [2.24, 2.45) is 0 Å². The first-order valence-corrected chi connectivity index (χ1v) is 7.83. The Morgan fingerprint density at radius 2 is 1.56 bits per heavy atom. The van der Waals surface area contributed by atoms with Gasteiger partial charge in [0.05, 0.1) is 16.8 Å². The van der Waals surface area contributed by atoms with Crippen LogP contribution in [-0.2, 0) is 6.18 Å². The monoisotopic (exact) mass is 342 g/mol. The van der Waals surface area contributed by atoms with E-state index in [1.807, 2.05) is 24.3 Å². The van der Waals surface area contributed by atoms with Crippen molar-refractivity contribution in [3.05, 3.63) is 78.5 Å². The molecule has 1 aromatic heterocycles. The van der Waals surface area contributed by atoms with Gasteiger partial charge in [-0.25, -0.2) is 0 Å². The molecule has 3 aromatic rings. The number of fused-ring (bicyclic) bond motifs is 1. The van der Waals surface area contributed by atoms with Crippen LogP contribution in [0.15, 0.2) is 61.7 Å². The Balaban J connectivity index is 1.67. The Kier molecular flexibility index (Phi) is 4.49. The molecule has 5 heteroatoms. The number of para-hydroxylation sites is 1. The van der Waals surface area contributed by atoms with Gasteiger partial charge < -0.3 is 0 Å². The van der Waals surface area contributed by atoms with Gasteiger partial charge in [-0.2, -0.15) is 18.3 Å². The van der Waals surface area contributed by atoms with Crippen LogP contribution in [0.2, 0.25) is 0 Å². The summed E-state index contributed by atoms with van der Waals surface area (Å²) in [4.78, 5) is 0. The number of allylic oxidation sites excluding steroid dienone is 2. The minimum Gasteiger partial charge on any atom is -0.277 e. The van der Waals surface area contributed by atoms with Crippen molar-refractivity contribution in [2.75, 3.05) is 0 Å². The number of aromatic amines is 1. The van der Waals surface area contributed by atoms with Gasteiger partial charge in [0.2, 0.25) is 0 Å². The van der Waals surface area contributed by atoms with Crippen LogP contribution in [0, 0.1) is 0 Å². The summed E-state index contributed by atoms with van der Waals surface area (Å²) in [6, 6.07) is 12.9. The molecule has 0 atom stereocenters. The molecule has 0 aliphatic heterocycles. The van der Waals surface area contributed by atoms with Crippen LogP contribution in [0.25, 0.3) is 22.0 Å². The Morgan fingerprint density at radius 1 is 0.920 bits per heavy atom. The summed E-state index contributed by atoms with van der Waals surface area (Å²) in [5, 5.41) is 8.28. The molecule has 0 saturated heterocycles. The number of aromatic nitrogens is 2. The van der Waals surface area contributed by atoms with E-state index in [-0.39, 0.29) is 0 Å². The van der Waals surface area contributed by atoms with Crippen molar-refractivity contribution < 1.29 is 13.2 Å². The summed E-state index contributed by atoms with van der Waals surface area (Å²) in [6.45, 7) is 8.07. The quantitative estimate of drug-likeness (QED) is 0.597. The number of alkyl halides is 3. The van der Waals surface area contributed by atoms with Gasteiger partial charge in [0.25, 0.3) is 0 Å². The average Bonchev–Trinajstić information content (AvgIpc) is 3.03. The zero-order chi connectivity index (χ0) is 18.0. The molecule has 0 aliphatic carbocycles. The summed E-state index contributed by atoms with van der Waals surface area (Å²) < 4.78 is 37.8. The maximum atomic E-state index is 12.6. The van der Waals surface area contributed by atoms with E-state index in [0.29, 0.717) is 18.4 Å². The van der Waals surface area contributed by atoms with Crippen LogP contribution in [0.4, 0.5) is 13.2 Å². The highest BCUT2D eigenvalue weighted by molar-refractivity contribution is 5.90. The predicted molar refractivity (Wildman–Crippen MR) is 94.8 cm³/mol. The molecule has 0 aliphatic rings. The van der Waals surface area contributed by atoms with E-state index in [9.17, 15) is 13.2 Å². The third-order valence-electron chi connectivity index (χ3n) is 4.15. The molecule has 1 heterocycles. The van der Waals surface area contributed by atoms with Gasteiger partial charge in [-0.1, -0.05) is 43.5 Å². The lowest BCUT2D eigenvalue weighted by molar-refractivity contribution is -0.137. The van der Waals surface area contributed by atoms with E-state index in [0.717, 1.165) is 39.9 Å². The van der Waals surface area contributed by atoms with Gasteiger partial charge in [-0.3, -0.25) is 5.10 Å². The van der Waals surface area contributed by atoms with E-state index < -0.39 is 11.7 Å². The maximum Gasteiger partial charge on any atom is 0.416 e. The lowest BCUT2D eigenvalue weighted by Gasteiger charge is -2.10. The van der Waals surface area contributed by atoms with Crippen LogP contribution in [-0.4, -0.2) is 10.2 Å². The average molecular weight is 342 g/mol. The number of hydrogen-bond donors (Lipinski definition) is 1. The van der Waals surface area contributed by atoms with E-state index in [1.54, 1.807) is 0 Å². The van der Waals surface area contributed by atoms with Crippen molar-refractivity contribution in [1.29, 1.82) is 0 Å². The van der Waals surface area contributed by atoms with Gasteiger partial charge in [0.1, 0.15) is 0 Å². The van der Waals surface area contributed by atoms with Crippen molar-refractivity contribution in [3.8, 4) is 0 Å². The van der Waals surface area contributed by atoms with E-state index in [1.165, 1.54) is 12.1 Å². The third kappa shape index (κ3) is 3.65. The van der Waals surface area contributed by atoms with Crippen molar-refractivity contribution in [2.45, 2.75) is 19.0 Å². The van der Waals surface area contributed by atoms with Crippen molar-refractivity contribution in [3.63, 3.8) is 0 Å². The minimum atomic E-state index is -4.32. The largest absolute Gasteiger partial charge is 0.416 e. The molecular formula is C20H17F3N2. The zero-order valence-electron chi connectivity index (χ0n) is 13.5. The second-order valence-electron chi connectivity index (χ2n) is 5.90. The van der Waals surface area contributed by atoms with Gasteiger partial charge in [0, 0.05) is 5.39 Å². The first-order valence-electron chi connectivity index (χ1n) is 7.83. The summed E-state index contributed by atoms with van der Waals surface area (Å²) in [7, 11) is 0. The number of hydrogen-bond acceptors (Lipinski definition) is 1. The fourth-order valence-corrected chi connectivity index (χ4v) is 2.69. The normalized spacial score (nSPS) is 11.6. The van der Waals surface area contributed by atoms with Crippen molar-refractivity contribution in [1.82, 2.24) is 10.2 Å². The molecule has 0 amide bonds. The zero-order valence-corrected chi connectivity index (χ0v) is 13.5. The molecule has 3 rings (SSSR count). The Bertz CT molecular complexity index is 918. The van der Waals surface area contributed by atoms with Gasteiger partial charge in [-0.05, 0) is 47.8 Å². The highest BCUT2D eigenvalue weighted by Gasteiger charge is 2.29. The standard InChI is InChI=1S/C20H17F3N2/c1-13(15-9-11-16(12-10-15)20(21,22)23)7-8-14(2)19-17-5-3-4-6-18(17)24-25-19/h3-6,9-12H,1-2,7-8H2,(H,24,25). The van der Waals surface area contributed by atoms with Gasteiger partial charge >= 0.3 is 6.18 Å². The molecule has 0 spiro atoms. The second kappa shape index (κ2) is 6.59. The molecule has 0 unspecified atom stereocenters. The molecule has 128 valence electrons. The first kappa shape index (κ1) is 17.0. The molecular weight excluding hydrogens is 325 g/mol. The number of benzene rings is 2. The Hall–Kier alpha value is -2.82. The molecule has 25 heavy (non-hydrogen) atoms. The third-order valence-corrected chi connectivity index (χ3v) is 4.15. The number of H-pyrrole nitrogens is 1. The predicted octanol–water partition coefficient (Wildman–Crippen LogP) is 6.09. The number of halogens is 3. The van der Waals surface area contributed by atoms with E-state index in [4.69, 9.17) is 0 Å². The fourth-order valence-electron chi connectivity index (χ4n) is 2.69. The number of nitrogens with zero attached hydrogens (tertiary/aromatic N) is 1. The topological polar surface area (TPSA) is 28.7 Å². The second-order valence-corrected chi connectivity index (χ2v) is 5.90. The van der Waals surface area contributed by atoms with E-state index in [2.05, 4.69) is 23.4 Å². The summed E-state index contributed by atoms with van der Waals surface area (Å²) in [5.41, 5.74) is 3.44. The minimum absolute atomic E-state index is 0.603. The van der Waals surface area contributed by atoms with Crippen molar-refractivity contribution >= 4 is 22.0 Å². The van der Waals surface area contributed by atoms with Crippen LogP contribution in [0.3, 0.4) is 0 Å². The SMILES string of the molecule is C=C(CCC(=C)c1n[nH]c2ccccc12)c1ccc(C(F)(F)F)cc1. The smallest absolute Gasteiger partial charge is 0.277 e. The number of rotatable bonds is 5. The Labute approximate surface area is 143 Å². The molecule has 2 aromatic carbocycles. The van der Waals surface area contributed by atoms with Gasteiger partial charge in [0.15, 0.2) is 0 Å². The van der Waals surface area contributed by atoms with Crippen LogP contribution >= 0.6 is 0 Å². The Morgan fingerprint density at radius 3 is 2.24 bits per heavy atom.